The smallest absolute Gasteiger partial charge is 0.258 e. The highest BCUT2D eigenvalue weighted by molar-refractivity contribution is 7.17. The van der Waals surface area contributed by atoms with Crippen LogP contribution in [-0.4, -0.2) is 12.5 Å². The van der Waals surface area contributed by atoms with Gasteiger partial charge < -0.3 is 10.5 Å². The highest BCUT2D eigenvalue weighted by atomic mass is 35.5. The zero-order valence-corrected chi connectivity index (χ0v) is 11.0. The summed E-state index contributed by atoms with van der Waals surface area (Å²) in [5, 5.41) is 0.652. The van der Waals surface area contributed by atoms with Crippen LogP contribution in [-0.2, 0) is 6.42 Å². The molecule has 1 aliphatic heterocycles. The third-order valence-electron chi connectivity index (χ3n) is 2.87. The highest BCUT2D eigenvalue weighted by Crippen LogP contribution is 2.41. The first kappa shape index (κ1) is 11.6. The molecule has 1 amide bonds. The number of amides is 1. The molecule has 5 heteroatoms. The maximum Gasteiger partial charge on any atom is 0.258 e. The number of fused-ring (bicyclic) bond motifs is 3. The molecule has 1 aromatic carbocycles. The first-order valence-electron chi connectivity index (χ1n) is 5.50. The van der Waals surface area contributed by atoms with Crippen LogP contribution in [0.4, 0.5) is 0 Å². The van der Waals surface area contributed by atoms with Crippen molar-refractivity contribution in [2.75, 3.05) is 6.61 Å². The van der Waals surface area contributed by atoms with E-state index in [0.717, 1.165) is 28.2 Å². The van der Waals surface area contributed by atoms with Crippen molar-refractivity contribution in [3.05, 3.63) is 39.7 Å². The number of nitrogens with two attached hydrogens (primary N) is 1. The third-order valence-corrected chi connectivity index (χ3v) is 4.33. The van der Waals surface area contributed by atoms with Gasteiger partial charge in [-0.3, -0.25) is 4.79 Å². The van der Waals surface area contributed by atoms with Crippen LogP contribution < -0.4 is 10.5 Å². The zero-order valence-electron chi connectivity index (χ0n) is 9.40. The van der Waals surface area contributed by atoms with Gasteiger partial charge in [0, 0.05) is 21.9 Å². The molecule has 3 nitrogen and oxygen atoms in total. The van der Waals surface area contributed by atoms with E-state index in [1.807, 2.05) is 18.2 Å². The van der Waals surface area contributed by atoms with Crippen molar-refractivity contribution in [1.29, 1.82) is 0 Å². The lowest BCUT2D eigenvalue weighted by molar-refractivity contribution is 0.100. The van der Waals surface area contributed by atoms with E-state index in [1.54, 1.807) is 6.07 Å². The van der Waals surface area contributed by atoms with Gasteiger partial charge in [0.2, 0.25) is 0 Å². The fourth-order valence-corrected chi connectivity index (χ4v) is 3.30. The van der Waals surface area contributed by atoms with E-state index in [-0.39, 0.29) is 0 Å². The Balaban J connectivity index is 2.22. The van der Waals surface area contributed by atoms with Crippen LogP contribution in [0.25, 0.3) is 10.4 Å². The Kier molecular flexibility index (Phi) is 2.76. The number of hydrogen-bond acceptors (Lipinski definition) is 3. The zero-order chi connectivity index (χ0) is 12.7. The maximum atomic E-state index is 11.3. The van der Waals surface area contributed by atoms with Crippen molar-refractivity contribution in [2.45, 2.75) is 6.42 Å². The Bertz CT molecular complexity index is 636. The molecule has 2 N–H and O–H groups in total. The Hall–Kier alpha value is -1.52. The van der Waals surface area contributed by atoms with E-state index in [9.17, 15) is 4.79 Å². The predicted molar refractivity (Wildman–Crippen MR) is 72.5 cm³/mol. The summed E-state index contributed by atoms with van der Waals surface area (Å²) in [6.07, 6.45) is 0.769. The number of benzene rings is 1. The Morgan fingerprint density at radius 3 is 3.00 bits per heavy atom. The molecule has 92 valence electrons. The topological polar surface area (TPSA) is 52.3 Å². The average molecular weight is 280 g/mol. The minimum absolute atomic E-state index is 0.391. The molecule has 0 radical (unpaired) electrons. The van der Waals surface area contributed by atoms with Gasteiger partial charge in [-0.25, -0.2) is 0 Å². The molecule has 0 fully saturated rings. The summed E-state index contributed by atoms with van der Waals surface area (Å²) < 4.78 is 5.68. The van der Waals surface area contributed by atoms with Gasteiger partial charge in [0.1, 0.15) is 5.75 Å². The van der Waals surface area contributed by atoms with E-state index >= 15 is 0 Å². The molecule has 3 rings (SSSR count). The summed E-state index contributed by atoms with van der Waals surface area (Å²) >= 11 is 7.42. The van der Waals surface area contributed by atoms with Crippen LogP contribution in [0.15, 0.2) is 24.3 Å². The van der Waals surface area contributed by atoms with Crippen molar-refractivity contribution in [2.24, 2.45) is 5.73 Å². The molecule has 0 unspecified atom stereocenters. The van der Waals surface area contributed by atoms with Crippen LogP contribution in [0.1, 0.15) is 15.2 Å². The highest BCUT2D eigenvalue weighted by Gasteiger charge is 2.20. The van der Waals surface area contributed by atoms with E-state index in [0.29, 0.717) is 16.5 Å². The minimum atomic E-state index is -0.391. The Labute approximate surface area is 113 Å². The first-order chi connectivity index (χ1) is 8.65. The van der Waals surface area contributed by atoms with Crippen molar-refractivity contribution < 1.29 is 9.53 Å². The van der Waals surface area contributed by atoms with Crippen molar-refractivity contribution in [1.82, 2.24) is 0 Å². The largest absolute Gasteiger partial charge is 0.493 e. The van der Waals surface area contributed by atoms with Crippen molar-refractivity contribution in [3.8, 4) is 16.2 Å². The second-order valence-electron chi connectivity index (χ2n) is 4.07. The fraction of sp³-hybridized carbons (Fsp3) is 0.154. The molecule has 2 heterocycles. The van der Waals surface area contributed by atoms with Crippen LogP contribution in [0.3, 0.4) is 0 Å². The quantitative estimate of drug-likeness (QED) is 0.872. The standard InChI is InChI=1S/C13H10ClNO2S/c14-8-1-2-10-9(6-8)12-7(3-4-17-10)5-11(18-12)13(15)16/h1-2,5-6H,3-4H2,(H2,15,16). The minimum Gasteiger partial charge on any atom is -0.493 e. The SMILES string of the molecule is NC(=O)c1cc2c(s1)-c1cc(Cl)ccc1OCC2. The summed E-state index contributed by atoms with van der Waals surface area (Å²) in [5.41, 5.74) is 7.36. The number of halogens is 1. The summed E-state index contributed by atoms with van der Waals surface area (Å²) in [5.74, 6) is 0.411. The lowest BCUT2D eigenvalue weighted by atomic mass is 10.1. The summed E-state index contributed by atoms with van der Waals surface area (Å²) in [6, 6.07) is 7.37. The van der Waals surface area contributed by atoms with Gasteiger partial charge in [0.05, 0.1) is 11.5 Å². The van der Waals surface area contributed by atoms with Gasteiger partial charge in [0.15, 0.2) is 0 Å². The molecule has 0 saturated carbocycles. The Morgan fingerprint density at radius 1 is 1.39 bits per heavy atom. The molecule has 0 bridgehead atoms. The van der Waals surface area contributed by atoms with Gasteiger partial charge >= 0.3 is 0 Å². The molecule has 18 heavy (non-hydrogen) atoms. The Morgan fingerprint density at radius 2 is 2.22 bits per heavy atom. The average Bonchev–Trinajstić information content (AvgIpc) is 2.68. The van der Waals surface area contributed by atoms with E-state index in [4.69, 9.17) is 22.1 Å². The lowest BCUT2D eigenvalue weighted by Gasteiger charge is -2.06. The number of thiophene rings is 1. The lowest BCUT2D eigenvalue weighted by Crippen LogP contribution is -2.08. The second kappa shape index (κ2) is 4.30. The van der Waals surface area contributed by atoms with E-state index in [1.165, 1.54) is 11.3 Å². The molecule has 0 saturated heterocycles. The summed E-state index contributed by atoms with van der Waals surface area (Å²) in [6.45, 7) is 0.594. The van der Waals surface area contributed by atoms with Crippen molar-refractivity contribution in [3.63, 3.8) is 0 Å². The predicted octanol–water partition coefficient (Wildman–Crippen LogP) is 3.10. The number of carbonyl (C=O) groups is 1. The molecular weight excluding hydrogens is 270 g/mol. The number of primary amides is 1. The van der Waals surface area contributed by atoms with Crippen molar-refractivity contribution >= 4 is 28.8 Å². The van der Waals surface area contributed by atoms with Gasteiger partial charge in [-0.2, -0.15) is 0 Å². The summed E-state index contributed by atoms with van der Waals surface area (Å²) in [4.78, 5) is 12.9. The van der Waals surface area contributed by atoms with Crippen LogP contribution in [0.2, 0.25) is 5.02 Å². The molecule has 1 aromatic heterocycles. The monoisotopic (exact) mass is 279 g/mol. The number of carbonyl (C=O) groups excluding carboxylic acids is 1. The molecule has 1 aliphatic rings. The molecule has 0 atom stereocenters. The maximum absolute atomic E-state index is 11.3. The number of rotatable bonds is 1. The molecular formula is C13H10ClNO2S. The third kappa shape index (κ3) is 1.87. The molecule has 0 aliphatic carbocycles. The van der Waals surface area contributed by atoms with Gasteiger partial charge in [0.25, 0.3) is 5.91 Å². The number of hydrogen-bond donors (Lipinski definition) is 1. The number of ether oxygens (including phenoxy) is 1. The second-order valence-corrected chi connectivity index (χ2v) is 5.56. The van der Waals surface area contributed by atoms with Gasteiger partial charge in [-0.1, -0.05) is 11.6 Å². The summed E-state index contributed by atoms with van der Waals surface area (Å²) in [7, 11) is 0. The van der Waals surface area contributed by atoms with Crippen LogP contribution in [0.5, 0.6) is 5.75 Å². The normalized spacial score (nSPS) is 13.2. The van der Waals surface area contributed by atoms with Crippen LogP contribution >= 0.6 is 22.9 Å². The molecule has 2 aromatic rings. The van der Waals surface area contributed by atoms with Crippen LogP contribution in [0, 0.1) is 0 Å². The molecule has 0 spiro atoms. The van der Waals surface area contributed by atoms with E-state index in [2.05, 4.69) is 0 Å². The van der Waals surface area contributed by atoms with E-state index < -0.39 is 5.91 Å². The fourth-order valence-electron chi connectivity index (χ4n) is 2.04. The first-order valence-corrected chi connectivity index (χ1v) is 6.70. The van der Waals surface area contributed by atoms with Gasteiger partial charge in [-0.05, 0) is 29.8 Å². The van der Waals surface area contributed by atoms with Gasteiger partial charge in [-0.15, -0.1) is 11.3 Å².